The third-order valence-electron chi connectivity index (χ3n) is 2.84. The van der Waals surface area contributed by atoms with Crippen LogP contribution in [0, 0.1) is 0 Å². The third-order valence-corrected chi connectivity index (χ3v) is 4.39. The van der Waals surface area contributed by atoms with Crippen molar-refractivity contribution in [2.24, 2.45) is 0 Å². The molecule has 0 spiro atoms. The van der Waals surface area contributed by atoms with Crippen molar-refractivity contribution in [3.05, 3.63) is 0 Å². The Morgan fingerprint density at radius 2 is 1.42 bits per heavy atom. The predicted molar refractivity (Wildman–Crippen MR) is 79.4 cm³/mol. The van der Waals surface area contributed by atoms with E-state index in [-0.39, 0.29) is 6.10 Å². The maximum Gasteiger partial charge on any atom is 0.475 e. The van der Waals surface area contributed by atoms with Crippen LogP contribution in [-0.2, 0) is 18.1 Å². The van der Waals surface area contributed by atoms with Crippen LogP contribution >= 0.6 is 7.82 Å². The van der Waals surface area contributed by atoms with E-state index in [1.807, 2.05) is 6.92 Å². The highest BCUT2D eigenvalue weighted by Crippen LogP contribution is 2.51. The number of unbranched alkanes of at least 4 members (excludes halogenated alkanes) is 2. The highest BCUT2D eigenvalue weighted by Gasteiger charge is 2.29. The van der Waals surface area contributed by atoms with Crippen LogP contribution in [0.15, 0.2) is 0 Å². The first kappa shape index (κ1) is 19.1. The van der Waals surface area contributed by atoms with Gasteiger partial charge >= 0.3 is 7.82 Å². The van der Waals surface area contributed by atoms with Gasteiger partial charge in [-0.1, -0.05) is 47.0 Å². The molecule has 0 saturated heterocycles. The van der Waals surface area contributed by atoms with Crippen LogP contribution in [0.25, 0.3) is 0 Å². The molecule has 116 valence electrons. The van der Waals surface area contributed by atoms with Crippen molar-refractivity contribution in [1.29, 1.82) is 0 Å². The van der Waals surface area contributed by atoms with Gasteiger partial charge in [0.25, 0.3) is 0 Å². The highest BCUT2D eigenvalue weighted by molar-refractivity contribution is 7.48. The number of phosphoric ester groups is 1. The summed E-state index contributed by atoms with van der Waals surface area (Å²) in [6.45, 7) is 9.12. The molecular weight excluding hydrogens is 263 g/mol. The smallest absolute Gasteiger partial charge is 0.287 e. The summed E-state index contributed by atoms with van der Waals surface area (Å²) in [6, 6.07) is 0. The summed E-state index contributed by atoms with van der Waals surface area (Å²) < 4.78 is 29.0. The molecule has 0 aromatic heterocycles. The molecule has 0 N–H and O–H groups in total. The average molecular weight is 294 g/mol. The molecule has 0 aliphatic carbocycles. The Hall–Kier alpha value is 0.110. The molecule has 0 rings (SSSR count). The Morgan fingerprint density at radius 1 is 0.895 bits per heavy atom. The van der Waals surface area contributed by atoms with Crippen LogP contribution in [0.4, 0.5) is 0 Å². The van der Waals surface area contributed by atoms with E-state index in [1.54, 1.807) is 0 Å². The molecule has 19 heavy (non-hydrogen) atoms. The lowest BCUT2D eigenvalue weighted by Gasteiger charge is -2.23. The Balaban J connectivity index is 4.39. The van der Waals surface area contributed by atoms with Crippen LogP contribution in [0.3, 0.4) is 0 Å². The predicted octanol–water partition coefficient (Wildman–Crippen LogP) is 5.32. The lowest BCUT2D eigenvalue weighted by molar-refractivity contribution is 0.0709. The molecule has 0 aromatic carbocycles. The van der Waals surface area contributed by atoms with E-state index in [0.29, 0.717) is 13.2 Å². The quantitative estimate of drug-likeness (QED) is 0.340. The van der Waals surface area contributed by atoms with Crippen molar-refractivity contribution in [2.45, 2.75) is 78.7 Å². The molecule has 0 aliphatic rings. The zero-order valence-corrected chi connectivity index (χ0v) is 13.9. The zero-order chi connectivity index (χ0) is 14.6. The van der Waals surface area contributed by atoms with E-state index in [1.165, 1.54) is 0 Å². The van der Waals surface area contributed by atoms with Gasteiger partial charge in [-0.25, -0.2) is 4.57 Å². The molecule has 5 heteroatoms. The normalized spacial score (nSPS) is 13.7. The summed E-state index contributed by atoms with van der Waals surface area (Å²) in [7, 11) is -3.38. The molecule has 0 heterocycles. The topological polar surface area (TPSA) is 44.8 Å². The molecule has 0 radical (unpaired) electrons. The molecule has 1 atom stereocenters. The number of hydrogen-bond acceptors (Lipinski definition) is 4. The van der Waals surface area contributed by atoms with Crippen molar-refractivity contribution in [2.75, 3.05) is 13.2 Å². The average Bonchev–Trinajstić information content (AvgIpc) is 2.39. The van der Waals surface area contributed by atoms with Gasteiger partial charge in [0, 0.05) is 0 Å². The van der Waals surface area contributed by atoms with Crippen LogP contribution in [-0.4, -0.2) is 19.3 Å². The zero-order valence-electron chi connectivity index (χ0n) is 13.0. The maximum absolute atomic E-state index is 12.5. The fourth-order valence-corrected chi connectivity index (χ4v) is 3.10. The molecular formula is C14H31O4P. The lowest BCUT2D eigenvalue weighted by Crippen LogP contribution is -2.13. The van der Waals surface area contributed by atoms with Crippen LogP contribution in [0.2, 0.25) is 0 Å². The van der Waals surface area contributed by atoms with Gasteiger partial charge in [0.2, 0.25) is 0 Å². The fourth-order valence-electron chi connectivity index (χ4n) is 1.58. The van der Waals surface area contributed by atoms with Crippen molar-refractivity contribution in [3.8, 4) is 0 Å². The van der Waals surface area contributed by atoms with Gasteiger partial charge in [0.15, 0.2) is 0 Å². The first-order valence-corrected chi connectivity index (χ1v) is 9.15. The number of hydrogen-bond donors (Lipinski definition) is 0. The van der Waals surface area contributed by atoms with Gasteiger partial charge in [-0.15, -0.1) is 0 Å². The minimum Gasteiger partial charge on any atom is -0.287 e. The molecule has 0 aliphatic heterocycles. The van der Waals surface area contributed by atoms with Gasteiger partial charge in [-0.2, -0.15) is 0 Å². The molecule has 0 aromatic rings. The minimum absolute atomic E-state index is 0.0425. The van der Waals surface area contributed by atoms with E-state index in [9.17, 15) is 4.57 Å². The van der Waals surface area contributed by atoms with Gasteiger partial charge < -0.3 is 0 Å². The van der Waals surface area contributed by atoms with Crippen molar-refractivity contribution in [3.63, 3.8) is 0 Å². The Morgan fingerprint density at radius 3 is 1.79 bits per heavy atom. The van der Waals surface area contributed by atoms with Crippen molar-refractivity contribution in [1.82, 2.24) is 0 Å². The summed E-state index contributed by atoms with van der Waals surface area (Å²) >= 11 is 0. The largest absolute Gasteiger partial charge is 0.475 e. The Bertz CT molecular complexity index is 232. The summed E-state index contributed by atoms with van der Waals surface area (Å²) in [4.78, 5) is 0. The molecule has 0 bridgehead atoms. The van der Waals surface area contributed by atoms with Crippen LogP contribution < -0.4 is 0 Å². The maximum atomic E-state index is 12.5. The van der Waals surface area contributed by atoms with Crippen molar-refractivity contribution < 1.29 is 18.1 Å². The summed E-state index contributed by atoms with van der Waals surface area (Å²) in [5, 5.41) is 0. The summed E-state index contributed by atoms with van der Waals surface area (Å²) in [6.07, 6.45) is 6.41. The third kappa shape index (κ3) is 9.61. The second kappa shape index (κ2) is 11.9. The highest BCUT2D eigenvalue weighted by atomic mass is 31.2. The summed E-state index contributed by atoms with van der Waals surface area (Å²) in [5.41, 5.74) is 0. The second-order valence-electron chi connectivity index (χ2n) is 4.75. The van der Waals surface area contributed by atoms with E-state index >= 15 is 0 Å². The lowest BCUT2D eigenvalue weighted by atomic mass is 10.2. The number of phosphoric acid groups is 1. The van der Waals surface area contributed by atoms with E-state index < -0.39 is 7.82 Å². The Kier molecular flexibility index (Phi) is 12.0. The van der Waals surface area contributed by atoms with Gasteiger partial charge in [-0.3, -0.25) is 13.6 Å². The van der Waals surface area contributed by atoms with Gasteiger partial charge in [-0.05, 0) is 25.7 Å². The van der Waals surface area contributed by atoms with E-state index in [2.05, 4.69) is 20.8 Å². The second-order valence-corrected chi connectivity index (χ2v) is 6.37. The molecule has 0 amide bonds. The molecule has 4 nitrogen and oxygen atoms in total. The molecule has 1 unspecified atom stereocenters. The molecule has 0 fully saturated rings. The molecule has 0 saturated carbocycles. The van der Waals surface area contributed by atoms with Crippen molar-refractivity contribution >= 4 is 7.82 Å². The fraction of sp³-hybridized carbons (Fsp3) is 1.00. The number of rotatable bonds is 13. The van der Waals surface area contributed by atoms with Gasteiger partial charge in [0.05, 0.1) is 19.3 Å². The SMILES string of the molecule is CCCCOP(=O)(OCCCC)OC(CC)CCC. The first-order valence-electron chi connectivity index (χ1n) is 7.69. The van der Waals surface area contributed by atoms with Crippen LogP contribution in [0.5, 0.6) is 0 Å². The first-order chi connectivity index (χ1) is 9.11. The Labute approximate surface area is 118 Å². The summed E-state index contributed by atoms with van der Waals surface area (Å²) in [5.74, 6) is 0. The van der Waals surface area contributed by atoms with E-state index in [0.717, 1.165) is 44.9 Å². The monoisotopic (exact) mass is 294 g/mol. The minimum atomic E-state index is -3.38. The standard InChI is InChI=1S/C14H31O4P/c1-5-9-12-16-19(15,17-13-10-6-2)18-14(8-4)11-7-3/h14H,5-13H2,1-4H3. The van der Waals surface area contributed by atoms with Crippen LogP contribution in [0.1, 0.15) is 72.6 Å². The van der Waals surface area contributed by atoms with E-state index in [4.69, 9.17) is 13.6 Å². The van der Waals surface area contributed by atoms with Gasteiger partial charge in [0.1, 0.15) is 0 Å².